The molecule has 0 bridgehead atoms. The number of nitrogens with zero attached hydrogens (tertiary/aromatic N) is 3. The van der Waals surface area contributed by atoms with E-state index in [1.165, 1.54) is 11.0 Å². The minimum atomic E-state index is -4.43. The Hall–Kier alpha value is -2.84. The van der Waals surface area contributed by atoms with Crippen LogP contribution in [0, 0.1) is 5.92 Å². The summed E-state index contributed by atoms with van der Waals surface area (Å²) in [6, 6.07) is 4.75. The number of amides is 2. The van der Waals surface area contributed by atoms with Crippen molar-refractivity contribution < 1.29 is 22.8 Å². The van der Waals surface area contributed by atoms with Gasteiger partial charge in [-0.15, -0.1) is 0 Å². The van der Waals surface area contributed by atoms with Gasteiger partial charge in [0.15, 0.2) is 0 Å². The Labute approximate surface area is 160 Å². The van der Waals surface area contributed by atoms with Crippen LogP contribution in [0.25, 0.3) is 0 Å². The number of carbonyl (C=O) groups excluding carboxylic acids is 2. The molecule has 0 saturated carbocycles. The van der Waals surface area contributed by atoms with Crippen LogP contribution in [0.4, 0.5) is 13.2 Å². The molecule has 0 radical (unpaired) electrons. The molecule has 2 heterocycles. The van der Waals surface area contributed by atoms with Gasteiger partial charge in [-0.1, -0.05) is 12.1 Å². The Bertz CT molecular complexity index is 836. The van der Waals surface area contributed by atoms with E-state index in [9.17, 15) is 22.8 Å². The van der Waals surface area contributed by atoms with E-state index in [2.05, 4.69) is 10.3 Å². The molecule has 9 heteroatoms. The molecule has 1 aromatic heterocycles. The summed E-state index contributed by atoms with van der Waals surface area (Å²) in [5.74, 6) is -0.976. The first kappa shape index (κ1) is 19.9. The van der Waals surface area contributed by atoms with Gasteiger partial charge in [-0.3, -0.25) is 9.59 Å². The van der Waals surface area contributed by atoms with Gasteiger partial charge in [0.25, 0.3) is 0 Å². The normalized spacial score (nSPS) is 18.4. The van der Waals surface area contributed by atoms with Crippen LogP contribution in [-0.2, 0) is 28.9 Å². The molecular formula is C19H21F3N4O2. The van der Waals surface area contributed by atoms with Crippen LogP contribution >= 0.6 is 0 Å². The number of alkyl halides is 3. The lowest BCUT2D eigenvalue weighted by atomic mass is 10.1. The number of nitrogens with one attached hydrogen (secondary N) is 1. The van der Waals surface area contributed by atoms with Gasteiger partial charge in [0, 0.05) is 44.5 Å². The smallest absolute Gasteiger partial charge is 0.352 e. The van der Waals surface area contributed by atoms with Crippen molar-refractivity contribution in [3.63, 3.8) is 0 Å². The van der Waals surface area contributed by atoms with Crippen LogP contribution in [0.3, 0.4) is 0 Å². The first-order valence-corrected chi connectivity index (χ1v) is 8.92. The molecule has 1 N–H and O–H groups in total. The highest BCUT2D eigenvalue weighted by molar-refractivity contribution is 5.89. The number of likely N-dealkylation sites (tertiary alicyclic amines) is 1. The first-order chi connectivity index (χ1) is 13.2. The summed E-state index contributed by atoms with van der Waals surface area (Å²) in [5, 5.41) is 2.88. The topological polar surface area (TPSA) is 67.2 Å². The van der Waals surface area contributed by atoms with Crippen LogP contribution in [0.2, 0.25) is 0 Å². The average molecular weight is 394 g/mol. The quantitative estimate of drug-likeness (QED) is 0.819. The van der Waals surface area contributed by atoms with E-state index in [0.717, 1.165) is 12.1 Å². The number of hydrogen-bond acceptors (Lipinski definition) is 3. The molecule has 0 aliphatic carbocycles. The molecule has 2 atom stereocenters. The molecule has 3 rings (SSSR count). The highest BCUT2D eigenvalue weighted by Gasteiger charge is 2.35. The van der Waals surface area contributed by atoms with Crippen molar-refractivity contribution in [2.75, 3.05) is 6.54 Å². The van der Waals surface area contributed by atoms with Gasteiger partial charge in [-0.05, 0) is 24.6 Å². The molecule has 28 heavy (non-hydrogen) atoms. The molecule has 150 valence electrons. The van der Waals surface area contributed by atoms with Crippen molar-refractivity contribution in [2.45, 2.75) is 38.7 Å². The van der Waals surface area contributed by atoms with E-state index < -0.39 is 17.7 Å². The van der Waals surface area contributed by atoms with Crippen molar-refractivity contribution >= 4 is 11.8 Å². The van der Waals surface area contributed by atoms with Crippen molar-refractivity contribution in [3.8, 4) is 0 Å². The highest BCUT2D eigenvalue weighted by Crippen LogP contribution is 2.30. The van der Waals surface area contributed by atoms with Crippen LogP contribution in [0.1, 0.15) is 24.5 Å². The average Bonchev–Trinajstić information content (AvgIpc) is 3.24. The van der Waals surface area contributed by atoms with Gasteiger partial charge in [0.2, 0.25) is 11.8 Å². The Balaban J connectivity index is 1.56. The summed E-state index contributed by atoms with van der Waals surface area (Å²) >= 11 is 0. The number of benzene rings is 1. The van der Waals surface area contributed by atoms with Crippen LogP contribution in [0.15, 0.2) is 43.0 Å². The van der Waals surface area contributed by atoms with Crippen LogP contribution in [-0.4, -0.2) is 38.9 Å². The van der Waals surface area contributed by atoms with Gasteiger partial charge in [-0.2, -0.15) is 13.2 Å². The summed E-state index contributed by atoms with van der Waals surface area (Å²) in [6.07, 6.45) is 0.717. The number of rotatable bonds is 6. The maximum absolute atomic E-state index is 12.8. The van der Waals surface area contributed by atoms with Crippen molar-refractivity contribution in [2.24, 2.45) is 5.92 Å². The van der Waals surface area contributed by atoms with Crippen molar-refractivity contribution in [1.29, 1.82) is 0 Å². The molecular weight excluding hydrogens is 373 g/mol. The predicted molar refractivity (Wildman–Crippen MR) is 94.8 cm³/mol. The lowest BCUT2D eigenvalue weighted by molar-refractivity contribution is -0.137. The van der Waals surface area contributed by atoms with Crippen LogP contribution in [0.5, 0.6) is 0 Å². The Morgan fingerprint density at radius 3 is 2.86 bits per heavy atom. The molecule has 6 nitrogen and oxygen atoms in total. The molecule has 0 unspecified atom stereocenters. The number of aromatic nitrogens is 2. The number of halogens is 3. The third-order valence-electron chi connectivity index (χ3n) is 4.65. The Kier molecular flexibility index (Phi) is 5.71. The minimum absolute atomic E-state index is 0.0527. The maximum atomic E-state index is 12.8. The third kappa shape index (κ3) is 4.90. The summed E-state index contributed by atoms with van der Waals surface area (Å²) in [4.78, 5) is 30.1. The van der Waals surface area contributed by atoms with Crippen molar-refractivity contribution in [3.05, 3.63) is 54.1 Å². The van der Waals surface area contributed by atoms with E-state index in [-0.39, 0.29) is 37.4 Å². The first-order valence-electron chi connectivity index (χ1n) is 8.92. The highest BCUT2D eigenvalue weighted by atomic mass is 19.4. The molecule has 1 aromatic carbocycles. The largest absolute Gasteiger partial charge is 0.416 e. The molecule has 0 spiro atoms. The molecule has 1 aliphatic rings. The van der Waals surface area contributed by atoms with E-state index in [1.807, 2.05) is 11.5 Å². The van der Waals surface area contributed by atoms with Gasteiger partial charge in [-0.25, -0.2) is 4.98 Å². The second-order valence-corrected chi connectivity index (χ2v) is 7.04. The van der Waals surface area contributed by atoms with Gasteiger partial charge in [0.05, 0.1) is 17.8 Å². The molecule has 1 fully saturated rings. The fourth-order valence-corrected chi connectivity index (χ4v) is 3.28. The molecule has 1 saturated heterocycles. The fourth-order valence-electron chi connectivity index (χ4n) is 3.28. The Morgan fingerprint density at radius 1 is 1.39 bits per heavy atom. The number of imidazole rings is 1. The summed E-state index contributed by atoms with van der Waals surface area (Å²) in [5.41, 5.74) is -0.364. The lowest BCUT2D eigenvalue weighted by Gasteiger charge is -2.19. The molecule has 1 aliphatic heterocycles. The minimum Gasteiger partial charge on any atom is -0.352 e. The van der Waals surface area contributed by atoms with E-state index in [4.69, 9.17) is 0 Å². The summed E-state index contributed by atoms with van der Waals surface area (Å²) < 4.78 is 40.4. The zero-order valence-electron chi connectivity index (χ0n) is 15.3. The second kappa shape index (κ2) is 8.04. The zero-order valence-corrected chi connectivity index (χ0v) is 15.3. The third-order valence-corrected chi connectivity index (χ3v) is 4.65. The maximum Gasteiger partial charge on any atom is 0.416 e. The zero-order chi connectivity index (χ0) is 20.3. The standard InChI is InChI=1S/C19H21F3N4O2/c1-13(9-25-6-5-23-12-25)24-18(28)15-8-17(27)26(11-15)10-14-3-2-4-16(7-14)19(20,21)22/h2-7,12-13,15H,8-11H2,1H3,(H,24,28)/t13-,15+/m0/s1. The van der Waals surface area contributed by atoms with Gasteiger partial charge >= 0.3 is 6.18 Å². The Morgan fingerprint density at radius 2 is 2.18 bits per heavy atom. The molecule has 2 amide bonds. The number of carbonyl (C=O) groups is 2. The van der Waals surface area contributed by atoms with Crippen molar-refractivity contribution in [1.82, 2.24) is 19.8 Å². The predicted octanol–water partition coefficient (Wildman–Crippen LogP) is 2.46. The summed E-state index contributed by atoms with van der Waals surface area (Å²) in [7, 11) is 0. The SMILES string of the molecule is C[C@@H](Cn1ccnc1)NC(=O)[C@@H]1CC(=O)N(Cc2cccc(C(F)(F)F)c2)C1. The summed E-state index contributed by atoms with van der Waals surface area (Å²) in [6.45, 7) is 2.66. The van der Waals surface area contributed by atoms with E-state index >= 15 is 0 Å². The van der Waals surface area contributed by atoms with Gasteiger partial charge < -0.3 is 14.8 Å². The number of hydrogen-bond donors (Lipinski definition) is 1. The second-order valence-electron chi connectivity index (χ2n) is 7.04. The van der Waals surface area contributed by atoms with Crippen LogP contribution < -0.4 is 5.32 Å². The molecule has 2 aromatic rings. The van der Waals surface area contributed by atoms with E-state index in [1.54, 1.807) is 24.8 Å². The lowest BCUT2D eigenvalue weighted by Crippen LogP contribution is -2.40. The monoisotopic (exact) mass is 394 g/mol. The fraction of sp³-hybridized carbons (Fsp3) is 0.421. The van der Waals surface area contributed by atoms with E-state index in [0.29, 0.717) is 12.1 Å². The van der Waals surface area contributed by atoms with Gasteiger partial charge in [0.1, 0.15) is 0 Å².